The van der Waals surface area contributed by atoms with Crippen molar-refractivity contribution < 1.29 is 9.53 Å². The van der Waals surface area contributed by atoms with Crippen LogP contribution in [0.2, 0.25) is 0 Å². The van der Waals surface area contributed by atoms with Gasteiger partial charge in [-0.2, -0.15) is 0 Å². The first-order valence-electron chi connectivity index (χ1n) is 4.97. The van der Waals surface area contributed by atoms with Crippen molar-refractivity contribution in [1.82, 2.24) is 0 Å². The highest BCUT2D eigenvalue weighted by Gasteiger charge is 2.17. The zero-order valence-electron chi connectivity index (χ0n) is 9.29. The summed E-state index contributed by atoms with van der Waals surface area (Å²) in [6.07, 6.45) is -0.119. The fraction of sp³-hybridized carbons (Fsp3) is 0.364. The molecule has 0 spiro atoms. The molecule has 0 heterocycles. The molecule has 1 unspecified atom stereocenters. The molecule has 0 aliphatic heterocycles. The van der Waals surface area contributed by atoms with Crippen LogP contribution in [0.1, 0.15) is 18.9 Å². The number of nitrogen functional groups attached to an aromatic ring is 1. The molecule has 5 heteroatoms. The van der Waals surface area contributed by atoms with Gasteiger partial charge < -0.3 is 16.2 Å². The van der Waals surface area contributed by atoms with Crippen molar-refractivity contribution in [1.29, 1.82) is 0 Å². The van der Waals surface area contributed by atoms with Crippen LogP contribution in [0.15, 0.2) is 16.6 Å². The van der Waals surface area contributed by atoms with Crippen molar-refractivity contribution in [3.63, 3.8) is 0 Å². The zero-order chi connectivity index (χ0) is 12.3. The Labute approximate surface area is 103 Å². The molecule has 0 aliphatic carbocycles. The Morgan fingerprint density at radius 1 is 1.56 bits per heavy atom. The lowest BCUT2D eigenvalue weighted by atomic mass is 10.2. The molecule has 16 heavy (non-hydrogen) atoms. The zero-order valence-corrected chi connectivity index (χ0v) is 10.9. The number of primary amides is 1. The minimum absolute atomic E-state index is 0.482. The predicted molar refractivity (Wildman–Crippen MR) is 67.2 cm³/mol. The third-order valence-corrected chi connectivity index (χ3v) is 2.67. The van der Waals surface area contributed by atoms with E-state index in [1.54, 1.807) is 6.07 Å². The second kappa shape index (κ2) is 5.21. The van der Waals surface area contributed by atoms with Crippen LogP contribution in [0.5, 0.6) is 5.75 Å². The summed E-state index contributed by atoms with van der Waals surface area (Å²) in [5, 5.41) is 0. The summed E-state index contributed by atoms with van der Waals surface area (Å²) in [6.45, 7) is 3.70. The summed E-state index contributed by atoms with van der Waals surface area (Å²) in [4.78, 5) is 11.1. The fourth-order valence-electron chi connectivity index (χ4n) is 1.40. The lowest BCUT2D eigenvalue weighted by Gasteiger charge is -2.17. The largest absolute Gasteiger partial charge is 0.478 e. The van der Waals surface area contributed by atoms with Gasteiger partial charge in [0.15, 0.2) is 6.10 Å². The highest BCUT2D eigenvalue weighted by atomic mass is 79.9. The van der Waals surface area contributed by atoms with Gasteiger partial charge in [-0.1, -0.05) is 22.9 Å². The van der Waals surface area contributed by atoms with Crippen LogP contribution in [0.3, 0.4) is 0 Å². The number of amides is 1. The van der Waals surface area contributed by atoms with Gasteiger partial charge in [0.1, 0.15) is 5.75 Å². The van der Waals surface area contributed by atoms with Gasteiger partial charge in [-0.25, -0.2) is 0 Å². The van der Waals surface area contributed by atoms with Crippen LogP contribution >= 0.6 is 15.9 Å². The van der Waals surface area contributed by atoms with Crippen molar-refractivity contribution in [3.8, 4) is 5.75 Å². The Kier molecular flexibility index (Phi) is 4.18. The van der Waals surface area contributed by atoms with E-state index < -0.39 is 12.0 Å². The average Bonchev–Trinajstić information content (AvgIpc) is 2.15. The van der Waals surface area contributed by atoms with Crippen molar-refractivity contribution in [2.75, 3.05) is 5.73 Å². The summed E-state index contributed by atoms with van der Waals surface area (Å²) in [5.74, 6) is 0.0399. The monoisotopic (exact) mass is 286 g/mol. The molecule has 88 valence electrons. The van der Waals surface area contributed by atoms with Crippen molar-refractivity contribution in [2.24, 2.45) is 5.73 Å². The number of aryl methyl sites for hydroxylation is 1. The molecular formula is C11H15BrN2O2. The van der Waals surface area contributed by atoms with E-state index in [0.717, 1.165) is 10.0 Å². The molecule has 1 amide bonds. The molecule has 4 N–H and O–H groups in total. The van der Waals surface area contributed by atoms with Gasteiger partial charge in [-0.15, -0.1) is 0 Å². The number of hydrogen-bond acceptors (Lipinski definition) is 3. The first-order chi connectivity index (χ1) is 7.45. The van der Waals surface area contributed by atoms with E-state index in [1.165, 1.54) is 0 Å². The second-order valence-electron chi connectivity index (χ2n) is 3.56. The van der Waals surface area contributed by atoms with Crippen molar-refractivity contribution in [2.45, 2.75) is 26.4 Å². The summed E-state index contributed by atoms with van der Waals surface area (Å²) in [5.41, 5.74) is 12.4. The predicted octanol–water partition coefficient (Wildman–Crippen LogP) is 1.98. The first-order valence-corrected chi connectivity index (χ1v) is 5.76. The van der Waals surface area contributed by atoms with Crippen LogP contribution in [-0.4, -0.2) is 12.0 Å². The van der Waals surface area contributed by atoms with Crippen LogP contribution in [-0.2, 0) is 4.79 Å². The first kappa shape index (κ1) is 12.8. The molecule has 4 nitrogen and oxygen atoms in total. The highest BCUT2D eigenvalue weighted by molar-refractivity contribution is 9.10. The number of ether oxygens (including phenoxy) is 1. The Bertz CT molecular complexity index is 384. The second-order valence-corrected chi connectivity index (χ2v) is 4.47. The number of anilines is 1. The Balaban J connectivity index is 3.01. The molecule has 0 aliphatic rings. The van der Waals surface area contributed by atoms with Gasteiger partial charge in [0.05, 0.1) is 5.69 Å². The summed E-state index contributed by atoms with van der Waals surface area (Å²) in [6, 6.07) is 3.61. The molecule has 1 aromatic rings. The molecule has 0 radical (unpaired) electrons. The summed E-state index contributed by atoms with van der Waals surface area (Å²) >= 11 is 3.33. The number of benzene rings is 1. The molecule has 0 fully saturated rings. The maximum absolute atomic E-state index is 11.1. The Hall–Kier alpha value is -1.23. The van der Waals surface area contributed by atoms with E-state index in [2.05, 4.69) is 15.9 Å². The molecule has 0 bridgehead atoms. The van der Waals surface area contributed by atoms with Crippen molar-refractivity contribution in [3.05, 3.63) is 22.2 Å². The van der Waals surface area contributed by atoms with Crippen LogP contribution in [0.25, 0.3) is 0 Å². The molecule has 0 saturated heterocycles. The smallest absolute Gasteiger partial charge is 0.258 e. The SMILES string of the molecule is CCC(Oc1c(C)cc(Br)cc1N)C(N)=O. The molecule has 1 atom stereocenters. The Morgan fingerprint density at radius 2 is 2.19 bits per heavy atom. The van der Waals surface area contributed by atoms with Gasteiger partial charge in [0.2, 0.25) is 0 Å². The number of carbonyl (C=O) groups excluding carboxylic acids is 1. The molecular weight excluding hydrogens is 272 g/mol. The lowest BCUT2D eigenvalue weighted by molar-refractivity contribution is -0.124. The molecule has 1 rings (SSSR count). The number of hydrogen-bond donors (Lipinski definition) is 2. The van der Waals surface area contributed by atoms with Gasteiger partial charge >= 0.3 is 0 Å². The average molecular weight is 287 g/mol. The van der Waals surface area contributed by atoms with E-state index in [9.17, 15) is 4.79 Å². The van der Waals surface area contributed by atoms with E-state index >= 15 is 0 Å². The number of halogens is 1. The maximum atomic E-state index is 11.1. The normalized spacial score (nSPS) is 12.2. The Morgan fingerprint density at radius 3 is 2.62 bits per heavy atom. The third-order valence-electron chi connectivity index (χ3n) is 2.22. The van der Waals surface area contributed by atoms with Gasteiger partial charge in [0, 0.05) is 4.47 Å². The van der Waals surface area contributed by atoms with Gasteiger partial charge in [-0.3, -0.25) is 4.79 Å². The quantitative estimate of drug-likeness (QED) is 0.831. The molecule has 0 aromatic heterocycles. The number of carbonyl (C=O) groups is 1. The fourth-order valence-corrected chi connectivity index (χ4v) is 1.99. The van der Waals surface area contributed by atoms with E-state index in [4.69, 9.17) is 16.2 Å². The van der Waals surface area contributed by atoms with Crippen molar-refractivity contribution >= 4 is 27.5 Å². The lowest BCUT2D eigenvalue weighted by Crippen LogP contribution is -2.33. The summed E-state index contributed by atoms with van der Waals surface area (Å²) < 4.78 is 6.40. The molecule has 1 aromatic carbocycles. The van der Waals surface area contributed by atoms with E-state index in [-0.39, 0.29) is 0 Å². The number of rotatable bonds is 4. The van der Waals surface area contributed by atoms with Crippen LogP contribution < -0.4 is 16.2 Å². The standard InChI is InChI=1S/C11H15BrN2O2/c1-3-9(11(14)15)16-10-6(2)4-7(12)5-8(10)13/h4-5,9H,3,13H2,1-2H3,(H2,14,15). The minimum Gasteiger partial charge on any atom is -0.478 e. The van der Waals surface area contributed by atoms with Crippen LogP contribution in [0, 0.1) is 6.92 Å². The van der Waals surface area contributed by atoms with E-state index in [1.807, 2.05) is 19.9 Å². The van der Waals surface area contributed by atoms with Gasteiger partial charge in [-0.05, 0) is 31.0 Å². The molecule has 0 saturated carbocycles. The minimum atomic E-state index is -0.637. The topological polar surface area (TPSA) is 78.3 Å². The maximum Gasteiger partial charge on any atom is 0.258 e. The third kappa shape index (κ3) is 2.88. The van der Waals surface area contributed by atoms with Gasteiger partial charge in [0.25, 0.3) is 5.91 Å². The van der Waals surface area contributed by atoms with E-state index in [0.29, 0.717) is 17.9 Å². The summed E-state index contributed by atoms with van der Waals surface area (Å²) in [7, 11) is 0. The highest BCUT2D eigenvalue weighted by Crippen LogP contribution is 2.31. The van der Waals surface area contributed by atoms with Crippen LogP contribution in [0.4, 0.5) is 5.69 Å². The number of nitrogens with two attached hydrogens (primary N) is 2.